The van der Waals surface area contributed by atoms with Crippen LogP contribution in [-0.2, 0) is 23.9 Å². The first kappa shape index (κ1) is 31.2. The number of terminal acetylenes is 1. The Hall–Kier alpha value is -3.80. The third-order valence-electron chi connectivity index (χ3n) is 5.12. The largest absolute Gasteiger partial charge is 0.466 e. The van der Waals surface area contributed by atoms with Crippen LogP contribution < -0.4 is 10.6 Å². The highest BCUT2D eigenvalue weighted by Gasteiger charge is 2.37. The SMILES string of the molecule is C#Cc1ccccc1C(C(=O)NCCC(=O)OCC)N(CC=C)C(=O)C(NC(=O)OC(C)(C)C)C(C)C. The van der Waals surface area contributed by atoms with E-state index in [1.807, 2.05) is 0 Å². The minimum absolute atomic E-state index is 0.00622. The van der Waals surface area contributed by atoms with E-state index in [4.69, 9.17) is 15.9 Å². The molecule has 1 rings (SSSR count). The highest BCUT2D eigenvalue weighted by atomic mass is 16.6. The summed E-state index contributed by atoms with van der Waals surface area (Å²) in [6.45, 7) is 14.4. The second kappa shape index (κ2) is 14.7. The van der Waals surface area contributed by atoms with Gasteiger partial charge in [-0.1, -0.05) is 44.0 Å². The third-order valence-corrected chi connectivity index (χ3v) is 5.12. The molecule has 0 fully saturated rings. The lowest BCUT2D eigenvalue weighted by atomic mass is 9.96. The van der Waals surface area contributed by atoms with Crippen LogP contribution in [0.25, 0.3) is 0 Å². The summed E-state index contributed by atoms with van der Waals surface area (Å²) >= 11 is 0. The molecule has 2 N–H and O–H groups in total. The zero-order valence-electron chi connectivity index (χ0n) is 22.6. The van der Waals surface area contributed by atoms with Crippen molar-refractivity contribution >= 4 is 23.9 Å². The molecule has 0 aliphatic rings. The van der Waals surface area contributed by atoms with Gasteiger partial charge in [-0.25, -0.2) is 4.79 Å². The molecule has 202 valence electrons. The summed E-state index contributed by atoms with van der Waals surface area (Å²) in [5, 5.41) is 5.34. The number of nitrogens with zero attached hydrogens (tertiary/aromatic N) is 1. The maximum absolute atomic E-state index is 13.9. The Balaban J connectivity index is 3.42. The number of hydrogen-bond acceptors (Lipinski definition) is 6. The van der Waals surface area contributed by atoms with Crippen LogP contribution >= 0.6 is 0 Å². The van der Waals surface area contributed by atoms with Crippen molar-refractivity contribution < 1.29 is 28.7 Å². The smallest absolute Gasteiger partial charge is 0.408 e. The minimum atomic E-state index is -1.15. The molecule has 3 amide bonds. The van der Waals surface area contributed by atoms with Crippen LogP contribution in [-0.4, -0.2) is 60.1 Å². The first-order chi connectivity index (χ1) is 17.4. The predicted molar refractivity (Wildman–Crippen MR) is 141 cm³/mol. The van der Waals surface area contributed by atoms with Gasteiger partial charge in [-0.3, -0.25) is 14.4 Å². The van der Waals surface area contributed by atoms with Gasteiger partial charge >= 0.3 is 12.1 Å². The number of rotatable bonds is 12. The molecule has 2 atom stereocenters. The Morgan fingerprint density at radius 2 is 1.84 bits per heavy atom. The van der Waals surface area contributed by atoms with Crippen LogP contribution in [0.1, 0.15) is 65.1 Å². The van der Waals surface area contributed by atoms with Gasteiger partial charge in [0.1, 0.15) is 17.7 Å². The van der Waals surface area contributed by atoms with Crippen LogP contribution in [0.5, 0.6) is 0 Å². The average Bonchev–Trinajstić information content (AvgIpc) is 2.81. The second-order valence-corrected chi connectivity index (χ2v) is 9.63. The van der Waals surface area contributed by atoms with Gasteiger partial charge in [0, 0.05) is 18.7 Å². The van der Waals surface area contributed by atoms with Crippen molar-refractivity contribution in [1.29, 1.82) is 0 Å². The lowest BCUT2D eigenvalue weighted by molar-refractivity contribution is -0.144. The number of esters is 1. The van der Waals surface area contributed by atoms with E-state index in [9.17, 15) is 19.2 Å². The number of benzene rings is 1. The Morgan fingerprint density at radius 3 is 2.38 bits per heavy atom. The minimum Gasteiger partial charge on any atom is -0.466 e. The number of ether oxygens (including phenoxy) is 2. The van der Waals surface area contributed by atoms with Crippen molar-refractivity contribution in [1.82, 2.24) is 15.5 Å². The summed E-state index contributed by atoms with van der Waals surface area (Å²) < 4.78 is 10.3. The molecule has 9 heteroatoms. The Morgan fingerprint density at radius 1 is 1.19 bits per heavy atom. The topological polar surface area (TPSA) is 114 Å². The van der Waals surface area contributed by atoms with Crippen molar-refractivity contribution in [2.24, 2.45) is 5.92 Å². The van der Waals surface area contributed by atoms with Gasteiger partial charge in [0.15, 0.2) is 0 Å². The van der Waals surface area contributed by atoms with Gasteiger partial charge in [-0.05, 0) is 45.2 Å². The summed E-state index contributed by atoms with van der Waals surface area (Å²) in [6, 6.07) is 4.63. The average molecular weight is 514 g/mol. The van der Waals surface area contributed by atoms with Crippen LogP contribution in [0.15, 0.2) is 36.9 Å². The molecule has 0 spiro atoms. The molecule has 1 aromatic rings. The molecule has 0 aliphatic heterocycles. The van der Waals surface area contributed by atoms with Gasteiger partial charge in [0.2, 0.25) is 11.8 Å². The Bertz CT molecular complexity index is 1010. The molecule has 0 aromatic heterocycles. The number of amides is 3. The predicted octanol–water partition coefficient (Wildman–Crippen LogP) is 3.34. The fourth-order valence-electron chi connectivity index (χ4n) is 3.52. The number of carbonyl (C=O) groups excluding carboxylic acids is 4. The number of carbonyl (C=O) groups is 4. The van der Waals surface area contributed by atoms with E-state index in [0.29, 0.717) is 11.1 Å². The molecule has 0 radical (unpaired) electrons. The molecule has 0 saturated heterocycles. The van der Waals surface area contributed by atoms with Crippen LogP contribution in [0.2, 0.25) is 0 Å². The van der Waals surface area contributed by atoms with E-state index in [0.717, 1.165) is 0 Å². The van der Waals surface area contributed by atoms with Crippen LogP contribution in [0.4, 0.5) is 4.79 Å². The van der Waals surface area contributed by atoms with E-state index in [2.05, 4.69) is 23.1 Å². The zero-order valence-corrected chi connectivity index (χ0v) is 22.6. The van der Waals surface area contributed by atoms with Gasteiger partial charge in [0.05, 0.1) is 13.0 Å². The highest BCUT2D eigenvalue weighted by molar-refractivity contribution is 5.93. The molecule has 0 saturated carbocycles. The van der Waals surface area contributed by atoms with E-state index >= 15 is 0 Å². The quantitative estimate of drug-likeness (QED) is 0.252. The Labute approximate surface area is 220 Å². The normalized spacial score (nSPS) is 12.5. The van der Waals surface area contributed by atoms with Crippen molar-refractivity contribution in [3.05, 3.63) is 48.0 Å². The molecule has 2 unspecified atom stereocenters. The monoisotopic (exact) mass is 513 g/mol. The van der Waals surface area contributed by atoms with Gasteiger partial charge < -0.3 is 25.0 Å². The highest BCUT2D eigenvalue weighted by Crippen LogP contribution is 2.26. The first-order valence-electron chi connectivity index (χ1n) is 12.3. The number of alkyl carbamates (subject to hydrolysis) is 1. The van der Waals surface area contributed by atoms with Gasteiger partial charge in [-0.2, -0.15) is 0 Å². The summed E-state index contributed by atoms with van der Waals surface area (Å²) in [5.74, 6) is 0.719. The molecule has 0 heterocycles. The zero-order chi connectivity index (χ0) is 28.2. The van der Waals surface area contributed by atoms with E-state index in [1.165, 1.54) is 11.0 Å². The number of nitrogens with one attached hydrogen (secondary N) is 2. The fraction of sp³-hybridized carbons (Fsp3) is 0.500. The summed E-state index contributed by atoms with van der Waals surface area (Å²) in [5.41, 5.74) is 0.0902. The standard InChI is InChI=1S/C28H39N3O6/c1-9-18-31(26(34)23(19(4)5)30-27(35)37-28(6,7)8)24(21-15-13-12-14-20(21)10-2)25(33)29-17-16-22(32)36-11-3/h2,9,12-15,19,23-24H,1,11,16-18H2,3-8H3,(H,29,33)(H,30,35). The summed E-state index contributed by atoms with van der Waals surface area (Å²) in [6.07, 6.45) is 6.40. The van der Waals surface area contributed by atoms with E-state index in [1.54, 1.807) is 65.8 Å². The molecular weight excluding hydrogens is 474 g/mol. The lowest BCUT2D eigenvalue weighted by Gasteiger charge is -2.35. The Kier molecular flexibility index (Phi) is 12.4. The maximum atomic E-state index is 13.9. The third kappa shape index (κ3) is 10.00. The lowest BCUT2D eigenvalue weighted by Crippen LogP contribution is -2.55. The summed E-state index contributed by atoms with van der Waals surface area (Å²) in [7, 11) is 0. The van der Waals surface area contributed by atoms with Gasteiger partial charge in [0.25, 0.3) is 0 Å². The van der Waals surface area contributed by atoms with E-state index in [-0.39, 0.29) is 32.0 Å². The van der Waals surface area contributed by atoms with Crippen LogP contribution in [0, 0.1) is 18.3 Å². The molecule has 0 aliphatic carbocycles. The molecule has 9 nitrogen and oxygen atoms in total. The van der Waals surface area contributed by atoms with Gasteiger partial charge in [-0.15, -0.1) is 13.0 Å². The molecular formula is C28H39N3O6. The van der Waals surface area contributed by atoms with Crippen LogP contribution in [0.3, 0.4) is 0 Å². The van der Waals surface area contributed by atoms with Crippen molar-refractivity contribution in [3.63, 3.8) is 0 Å². The van der Waals surface area contributed by atoms with E-state index < -0.39 is 41.6 Å². The van der Waals surface area contributed by atoms with Crippen molar-refractivity contribution in [2.45, 2.75) is 65.6 Å². The number of hydrogen-bond donors (Lipinski definition) is 2. The molecule has 1 aromatic carbocycles. The fourth-order valence-corrected chi connectivity index (χ4v) is 3.52. The molecule has 0 bridgehead atoms. The maximum Gasteiger partial charge on any atom is 0.408 e. The summed E-state index contributed by atoms with van der Waals surface area (Å²) in [4.78, 5) is 52.9. The van der Waals surface area contributed by atoms with Crippen molar-refractivity contribution in [3.8, 4) is 12.3 Å². The second-order valence-electron chi connectivity index (χ2n) is 9.63. The molecule has 37 heavy (non-hydrogen) atoms. The first-order valence-corrected chi connectivity index (χ1v) is 12.3. The van der Waals surface area contributed by atoms with Crippen molar-refractivity contribution in [2.75, 3.05) is 19.7 Å².